The molecule has 2 N–H and O–H groups in total. The number of rotatable bonds is 8. The van der Waals surface area contributed by atoms with Gasteiger partial charge in [0.2, 0.25) is 0 Å². The number of allylic oxidation sites excluding steroid dienone is 3. The topological polar surface area (TPSA) is 50.8 Å². The lowest BCUT2D eigenvalue weighted by molar-refractivity contribution is 0.306. The molecule has 0 spiro atoms. The van der Waals surface area contributed by atoms with E-state index in [0.29, 0.717) is 18.1 Å². The van der Waals surface area contributed by atoms with E-state index < -0.39 is 5.83 Å². The van der Waals surface area contributed by atoms with Crippen molar-refractivity contribution in [3.63, 3.8) is 0 Å². The first-order valence-electron chi connectivity index (χ1n) is 8.38. The predicted octanol–water partition coefficient (Wildman–Crippen LogP) is 5.15. The molecule has 2 aromatic carbocycles. The van der Waals surface area contributed by atoms with Gasteiger partial charge in [-0.25, -0.2) is 10.2 Å². The molecule has 0 saturated carbocycles. The molecule has 0 aliphatic heterocycles. The molecule has 0 unspecified atom stereocenters. The van der Waals surface area contributed by atoms with Gasteiger partial charge in [0.25, 0.3) is 0 Å². The molecule has 0 atom stereocenters. The van der Waals surface area contributed by atoms with Crippen LogP contribution in [0, 0.1) is 6.92 Å². The van der Waals surface area contributed by atoms with Crippen LogP contribution in [-0.4, -0.2) is 13.8 Å². The Hall–Kier alpha value is -2.63. The van der Waals surface area contributed by atoms with Gasteiger partial charge in [-0.15, -0.1) is 0 Å². The zero-order chi connectivity index (χ0) is 19.8. The summed E-state index contributed by atoms with van der Waals surface area (Å²) in [5, 5.41) is 2.12. The highest BCUT2D eigenvalue weighted by Gasteiger charge is 2.10. The first-order chi connectivity index (χ1) is 12.9. The molecule has 142 valence electrons. The van der Waals surface area contributed by atoms with E-state index in [0.717, 1.165) is 34.3 Å². The molecule has 0 radical (unpaired) electrons. The monoisotopic (exact) mass is 387 g/mol. The van der Waals surface area contributed by atoms with Crippen LogP contribution in [0.4, 0.5) is 10.1 Å². The van der Waals surface area contributed by atoms with Crippen molar-refractivity contribution in [1.29, 1.82) is 0 Å². The lowest BCUT2D eigenvalue weighted by Gasteiger charge is -2.18. The molecular formula is C21H23ClFN3O. The van der Waals surface area contributed by atoms with Crippen molar-refractivity contribution in [1.82, 2.24) is 0 Å². The molecular weight excluding hydrogens is 365 g/mol. The van der Waals surface area contributed by atoms with Crippen LogP contribution >= 0.6 is 11.6 Å². The van der Waals surface area contributed by atoms with Crippen LogP contribution < -0.4 is 15.6 Å². The maximum Gasteiger partial charge on any atom is 0.141 e. The van der Waals surface area contributed by atoms with E-state index in [9.17, 15) is 4.39 Å². The fourth-order valence-electron chi connectivity index (χ4n) is 2.59. The van der Waals surface area contributed by atoms with Gasteiger partial charge in [0, 0.05) is 17.6 Å². The van der Waals surface area contributed by atoms with Gasteiger partial charge in [0.1, 0.15) is 18.2 Å². The van der Waals surface area contributed by atoms with Gasteiger partial charge >= 0.3 is 0 Å². The highest BCUT2D eigenvalue weighted by Crippen LogP contribution is 2.28. The highest BCUT2D eigenvalue weighted by atomic mass is 35.5. The number of benzene rings is 2. The Bertz CT molecular complexity index is 863. The van der Waals surface area contributed by atoms with Crippen molar-refractivity contribution in [2.24, 2.45) is 10.8 Å². The molecule has 0 aliphatic carbocycles. The smallest absolute Gasteiger partial charge is 0.141 e. The van der Waals surface area contributed by atoms with Crippen molar-refractivity contribution in [3.8, 4) is 5.75 Å². The van der Waals surface area contributed by atoms with Crippen LogP contribution in [0.5, 0.6) is 5.75 Å². The fourth-order valence-corrected chi connectivity index (χ4v) is 2.82. The van der Waals surface area contributed by atoms with Crippen LogP contribution in [0.15, 0.2) is 65.6 Å². The molecule has 4 nitrogen and oxygen atoms in total. The Morgan fingerprint density at radius 3 is 2.81 bits per heavy atom. The van der Waals surface area contributed by atoms with Gasteiger partial charge in [-0.2, -0.15) is 0 Å². The fraction of sp³-hybridized carbons (Fsp3) is 0.190. The summed E-state index contributed by atoms with van der Waals surface area (Å²) in [4.78, 5) is 3.38. The van der Waals surface area contributed by atoms with E-state index in [-0.39, 0.29) is 0 Å². The summed E-state index contributed by atoms with van der Waals surface area (Å²) in [5.74, 6) is 6.16. The maximum absolute atomic E-state index is 13.3. The number of aryl methyl sites for hydroxylation is 1. The average molecular weight is 388 g/mol. The van der Waals surface area contributed by atoms with Crippen LogP contribution in [0.25, 0.3) is 0 Å². The third-order valence-electron chi connectivity index (χ3n) is 4.00. The van der Waals surface area contributed by atoms with Gasteiger partial charge in [-0.3, -0.25) is 4.99 Å². The number of hydrazine groups is 1. The summed E-state index contributed by atoms with van der Waals surface area (Å²) in [7, 11) is 1.75. The molecule has 0 fully saturated rings. The van der Waals surface area contributed by atoms with E-state index in [2.05, 4.69) is 11.7 Å². The van der Waals surface area contributed by atoms with Gasteiger partial charge < -0.3 is 9.75 Å². The highest BCUT2D eigenvalue weighted by molar-refractivity contribution is 6.31. The Morgan fingerprint density at radius 2 is 2.15 bits per heavy atom. The van der Waals surface area contributed by atoms with Crippen molar-refractivity contribution in [2.75, 3.05) is 12.1 Å². The summed E-state index contributed by atoms with van der Waals surface area (Å²) in [5.41, 5.74) is 3.77. The number of nitrogens with zero attached hydrogens (tertiary/aromatic N) is 2. The number of hydrogen-bond donors (Lipinski definition) is 1. The summed E-state index contributed by atoms with van der Waals surface area (Å²) in [6.07, 6.45) is 4.80. The number of ether oxygens (including phenoxy) is 1. The zero-order valence-corrected chi connectivity index (χ0v) is 16.2. The lowest BCUT2D eigenvalue weighted by atomic mass is 10.1. The summed E-state index contributed by atoms with van der Waals surface area (Å²) < 4.78 is 19.2. The Kier molecular flexibility index (Phi) is 7.58. The first-order valence-corrected chi connectivity index (χ1v) is 8.76. The van der Waals surface area contributed by atoms with Gasteiger partial charge in [-0.05, 0) is 61.5 Å². The third-order valence-corrected chi connectivity index (χ3v) is 4.35. The van der Waals surface area contributed by atoms with Crippen molar-refractivity contribution >= 4 is 24.0 Å². The molecule has 0 aromatic heterocycles. The van der Waals surface area contributed by atoms with Gasteiger partial charge in [0.05, 0.1) is 11.9 Å². The minimum Gasteiger partial charge on any atom is -0.489 e. The van der Waals surface area contributed by atoms with Crippen molar-refractivity contribution in [2.45, 2.75) is 20.0 Å². The van der Waals surface area contributed by atoms with E-state index in [1.807, 2.05) is 43.3 Å². The quantitative estimate of drug-likeness (QED) is 0.295. The normalized spacial score (nSPS) is 11.7. The van der Waals surface area contributed by atoms with Crippen LogP contribution in [-0.2, 0) is 13.0 Å². The van der Waals surface area contributed by atoms with Gasteiger partial charge in [0.15, 0.2) is 0 Å². The predicted molar refractivity (Wildman–Crippen MR) is 111 cm³/mol. The number of nitrogens with two attached hydrogens (primary N) is 1. The Balaban J connectivity index is 2.07. The van der Waals surface area contributed by atoms with Crippen LogP contribution in [0.3, 0.4) is 0 Å². The molecule has 0 heterocycles. The van der Waals surface area contributed by atoms with Crippen molar-refractivity contribution in [3.05, 3.63) is 82.3 Å². The second-order valence-corrected chi connectivity index (χ2v) is 6.44. The van der Waals surface area contributed by atoms with E-state index in [4.69, 9.17) is 22.2 Å². The molecule has 0 bridgehead atoms. The number of hydrogen-bond acceptors (Lipinski definition) is 4. The molecule has 2 aromatic rings. The number of aliphatic imine (C=N–C) groups is 1. The summed E-state index contributed by atoms with van der Waals surface area (Å²) in [6.45, 7) is 5.51. The zero-order valence-electron chi connectivity index (χ0n) is 15.5. The minimum absolute atomic E-state index is 0.305. The molecule has 27 heavy (non-hydrogen) atoms. The third kappa shape index (κ3) is 5.94. The van der Waals surface area contributed by atoms with Crippen LogP contribution in [0.2, 0.25) is 5.02 Å². The molecule has 2 rings (SSSR count). The van der Waals surface area contributed by atoms with E-state index >= 15 is 0 Å². The summed E-state index contributed by atoms with van der Waals surface area (Å²) in [6, 6.07) is 11.3. The Morgan fingerprint density at radius 1 is 1.37 bits per heavy atom. The number of anilines is 1. The molecule has 6 heteroatoms. The van der Waals surface area contributed by atoms with Gasteiger partial charge in [-0.1, -0.05) is 29.8 Å². The average Bonchev–Trinajstić information content (AvgIpc) is 2.62. The van der Waals surface area contributed by atoms with E-state index in [1.165, 1.54) is 11.1 Å². The second kappa shape index (κ2) is 9.90. The largest absolute Gasteiger partial charge is 0.489 e. The molecule has 0 amide bonds. The number of halogens is 2. The SMILES string of the molecule is C=N/C=C(F)\C=C/Cc1ccc(OCc2c(Cl)cccc2N(C)N)cc1C. The van der Waals surface area contributed by atoms with Crippen LogP contribution in [0.1, 0.15) is 16.7 Å². The second-order valence-electron chi connectivity index (χ2n) is 6.03. The lowest BCUT2D eigenvalue weighted by Crippen LogP contribution is -2.26. The maximum atomic E-state index is 13.3. The molecule has 0 saturated heterocycles. The summed E-state index contributed by atoms with van der Waals surface area (Å²) >= 11 is 6.29. The van der Waals surface area contributed by atoms with E-state index in [1.54, 1.807) is 13.1 Å². The standard InChI is InChI=1S/C21H23ClFN3O/c1-15-12-18(11-10-16(15)6-4-7-17(23)13-25-2)27-14-19-20(22)8-5-9-21(19)26(3)24/h4-5,7-13H,2,6,14,24H2,1,3H3/b7-4-,17-13+. The van der Waals surface area contributed by atoms with Crippen molar-refractivity contribution < 1.29 is 9.13 Å². The Labute approximate surface area is 164 Å². The molecule has 0 aliphatic rings. The minimum atomic E-state index is -0.428. The first kappa shape index (κ1) is 20.7.